The molecule has 8 heteroatoms. The highest BCUT2D eigenvalue weighted by atomic mass is 16.2. The van der Waals surface area contributed by atoms with Crippen LogP contribution in [0, 0.1) is 5.92 Å². The van der Waals surface area contributed by atoms with Gasteiger partial charge in [-0.05, 0) is 49.9 Å². The molecule has 1 saturated heterocycles. The molecule has 2 aliphatic rings. The molecule has 4 aromatic rings. The number of amides is 1. The summed E-state index contributed by atoms with van der Waals surface area (Å²) in [6.07, 6.45) is 4.26. The van der Waals surface area contributed by atoms with Crippen molar-refractivity contribution in [3.63, 3.8) is 0 Å². The van der Waals surface area contributed by atoms with E-state index in [-0.39, 0.29) is 11.8 Å². The average Bonchev–Trinajstić information content (AvgIpc) is 3.37. The van der Waals surface area contributed by atoms with E-state index in [1.807, 2.05) is 53.6 Å². The van der Waals surface area contributed by atoms with E-state index in [4.69, 9.17) is 15.1 Å². The number of carbonyl (C=O) groups is 1. The van der Waals surface area contributed by atoms with Crippen LogP contribution in [0.15, 0.2) is 54.6 Å². The van der Waals surface area contributed by atoms with Crippen LogP contribution < -0.4 is 10.2 Å². The SMILES string of the molecule is CC(C)C(=O)N1CCN(c2ccc(Nc3c4c(nc5nc(-c6ccccc6)nn35)CCCC4)cc2)CC1. The zero-order chi connectivity index (χ0) is 25.4. The van der Waals surface area contributed by atoms with Gasteiger partial charge in [-0.1, -0.05) is 44.2 Å². The van der Waals surface area contributed by atoms with Crippen LogP contribution in [0.3, 0.4) is 0 Å². The van der Waals surface area contributed by atoms with Crippen LogP contribution in [-0.2, 0) is 17.6 Å². The molecular formula is C29H33N7O. The molecule has 2 aromatic carbocycles. The maximum absolute atomic E-state index is 12.3. The largest absolute Gasteiger partial charge is 0.368 e. The maximum Gasteiger partial charge on any atom is 0.254 e. The molecule has 1 amide bonds. The summed E-state index contributed by atoms with van der Waals surface area (Å²) in [5.74, 6) is 2.57. The maximum atomic E-state index is 12.3. The first-order valence-corrected chi connectivity index (χ1v) is 13.3. The first-order valence-electron chi connectivity index (χ1n) is 13.3. The Hall–Kier alpha value is -3.94. The molecule has 0 saturated carbocycles. The Morgan fingerprint density at radius 1 is 0.892 bits per heavy atom. The van der Waals surface area contributed by atoms with E-state index in [1.165, 1.54) is 11.3 Å². The Kier molecular flexibility index (Phi) is 6.24. The molecule has 6 rings (SSSR count). The number of fused-ring (bicyclic) bond motifs is 2. The lowest BCUT2D eigenvalue weighted by Crippen LogP contribution is -2.49. The van der Waals surface area contributed by atoms with Gasteiger partial charge >= 0.3 is 0 Å². The summed E-state index contributed by atoms with van der Waals surface area (Å²) in [4.78, 5) is 26.3. The molecule has 3 heterocycles. The van der Waals surface area contributed by atoms with E-state index in [9.17, 15) is 4.79 Å². The van der Waals surface area contributed by atoms with Crippen molar-refractivity contribution in [2.24, 2.45) is 5.92 Å². The third-order valence-electron chi connectivity index (χ3n) is 7.37. The zero-order valence-corrected chi connectivity index (χ0v) is 21.5. The number of aryl methyl sites for hydroxylation is 1. The summed E-state index contributed by atoms with van der Waals surface area (Å²) in [7, 11) is 0. The molecule has 0 atom stereocenters. The fraction of sp³-hybridized carbons (Fsp3) is 0.379. The molecule has 0 unspecified atom stereocenters. The first-order chi connectivity index (χ1) is 18.1. The van der Waals surface area contributed by atoms with Crippen LogP contribution in [0.4, 0.5) is 17.2 Å². The van der Waals surface area contributed by atoms with Crippen LogP contribution >= 0.6 is 0 Å². The van der Waals surface area contributed by atoms with E-state index in [2.05, 4.69) is 34.5 Å². The van der Waals surface area contributed by atoms with Gasteiger partial charge in [0.25, 0.3) is 5.78 Å². The second-order valence-corrected chi connectivity index (χ2v) is 10.2. The highest BCUT2D eigenvalue weighted by molar-refractivity contribution is 5.78. The summed E-state index contributed by atoms with van der Waals surface area (Å²) < 4.78 is 1.87. The number of hydrogen-bond donors (Lipinski definition) is 1. The molecule has 1 aliphatic carbocycles. The number of hydrogen-bond acceptors (Lipinski definition) is 6. The van der Waals surface area contributed by atoms with Gasteiger partial charge in [0.1, 0.15) is 5.82 Å². The predicted octanol–water partition coefficient (Wildman–Crippen LogP) is 4.72. The van der Waals surface area contributed by atoms with Crippen molar-refractivity contribution in [2.45, 2.75) is 39.5 Å². The second kappa shape index (κ2) is 9.84. The van der Waals surface area contributed by atoms with E-state index in [1.54, 1.807) is 0 Å². The molecule has 37 heavy (non-hydrogen) atoms. The molecule has 190 valence electrons. The van der Waals surface area contributed by atoms with Crippen LogP contribution in [0.25, 0.3) is 17.2 Å². The molecule has 0 radical (unpaired) electrons. The second-order valence-electron chi connectivity index (χ2n) is 10.2. The van der Waals surface area contributed by atoms with Gasteiger partial charge in [0.2, 0.25) is 5.91 Å². The number of carbonyl (C=O) groups excluding carboxylic acids is 1. The smallest absolute Gasteiger partial charge is 0.254 e. The summed E-state index contributed by atoms with van der Waals surface area (Å²) in [5, 5.41) is 8.51. The van der Waals surface area contributed by atoms with Gasteiger partial charge < -0.3 is 15.1 Å². The van der Waals surface area contributed by atoms with Crippen molar-refractivity contribution >= 4 is 28.9 Å². The van der Waals surface area contributed by atoms with Crippen LogP contribution in [0.2, 0.25) is 0 Å². The van der Waals surface area contributed by atoms with Crippen molar-refractivity contribution < 1.29 is 4.79 Å². The van der Waals surface area contributed by atoms with Gasteiger partial charge in [-0.3, -0.25) is 4.79 Å². The van der Waals surface area contributed by atoms with Gasteiger partial charge in [0.15, 0.2) is 5.82 Å². The summed E-state index contributed by atoms with van der Waals surface area (Å²) in [6, 6.07) is 18.6. The molecule has 8 nitrogen and oxygen atoms in total. The number of piperazine rings is 1. The van der Waals surface area contributed by atoms with E-state index in [0.717, 1.165) is 74.6 Å². The molecule has 1 N–H and O–H groups in total. The summed E-state index contributed by atoms with van der Waals surface area (Å²) in [6.45, 7) is 7.18. The lowest BCUT2D eigenvalue weighted by atomic mass is 9.96. The zero-order valence-electron chi connectivity index (χ0n) is 21.5. The van der Waals surface area contributed by atoms with Crippen molar-refractivity contribution in [3.8, 4) is 11.4 Å². The summed E-state index contributed by atoms with van der Waals surface area (Å²) >= 11 is 0. The third-order valence-corrected chi connectivity index (χ3v) is 7.37. The van der Waals surface area contributed by atoms with Gasteiger partial charge in [-0.15, -0.1) is 5.10 Å². The lowest BCUT2D eigenvalue weighted by Gasteiger charge is -2.37. The molecule has 1 aliphatic heterocycles. The Bertz CT molecular complexity index is 1400. The van der Waals surface area contributed by atoms with E-state index >= 15 is 0 Å². The third kappa shape index (κ3) is 4.63. The molecule has 2 aromatic heterocycles. The summed E-state index contributed by atoms with van der Waals surface area (Å²) in [5.41, 5.74) is 5.53. The van der Waals surface area contributed by atoms with Crippen molar-refractivity contribution in [3.05, 3.63) is 65.9 Å². The standard InChI is InChI=1S/C29H33N7O/c1-20(2)28(37)35-18-16-34(17-19-35)23-14-12-22(13-15-23)30-27-24-10-6-7-11-25(24)31-29-32-26(33-36(27)29)21-8-4-3-5-9-21/h3-5,8-9,12-15,20,30H,6-7,10-11,16-19H2,1-2H3. The van der Waals surface area contributed by atoms with Crippen LogP contribution in [0.5, 0.6) is 0 Å². The van der Waals surface area contributed by atoms with Gasteiger partial charge in [0.05, 0.1) is 5.69 Å². The quantitative estimate of drug-likeness (QED) is 0.432. The number of benzene rings is 2. The minimum absolute atomic E-state index is 0.0519. The van der Waals surface area contributed by atoms with Crippen LogP contribution in [0.1, 0.15) is 37.9 Å². The highest BCUT2D eigenvalue weighted by Gasteiger charge is 2.24. The molecule has 1 fully saturated rings. The van der Waals surface area contributed by atoms with Crippen molar-refractivity contribution in [1.29, 1.82) is 0 Å². The van der Waals surface area contributed by atoms with Gasteiger partial charge in [-0.2, -0.15) is 9.50 Å². The topological polar surface area (TPSA) is 78.7 Å². The predicted molar refractivity (Wildman–Crippen MR) is 146 cm³/mol. The number of anilines is 3. The number of aromatic nitrogens is 4. The molecule has 0 spiro atoms. The van der Waals surface area contributed by atoms with Gasteiger partial charge in [-0.25, -0.2) is 4.98 Å². The monoisotopic (exact) mass is 495 g/mol. The lowest BCUT2D eigenvalue weighted by molar-refractivity contribution is -0.134. The number of nitrogens with one attached hydrogen (secondary N) is 1. The normalized spacial score (nSPS) is 15.8. The minimum Gasteiger partial charge on any atom is -0.368 e. The van der Waals surface area contributed by atoms with Crippen LogP contribution in [-0.4, -0.2) is 56.6 Å². The highest BCUT2D eigenvalue weighted by Crippen LogP contribution is 2.31. The fourth-order valence-corrected chi connectivity index (χ4v) is 5.32. The van der Waals surface area contributed by atoms with Gasteiger partial charge in [0, 0.05) is 54.6 Å². The number of rotatable bonds is 5. The average molecular weight is 496 g/mol. The molecule has 0 bridgehead atoms. The Balaban J connectivity index is 1.26. The number of nitrogens with zero attached hydrogens (tertiary/aromatic N) is 6. The van der Waals surface area contributed by atoms with Crippen molar-refractivity contribution in [1.82, 2.24) is 24.5 Å². The Morgan fingerprint density at radius 3 is 2.35 bits per heavy atom. The Morgan fingerprint density at radius 2 is 1.62 bits per heavy atom. The van der Waals surface area contributed by atoms with Crippen molar-refractivity contribution in [2.75, 3.05) is 36.4 Å². The fourth-order valence-electron chi connectivity index (χ4n) is 5.32. The Labute approximate surface area is 217 Å². The molecular weight excluding hydrogens is 462 g/mol. The minimum atomic E-state index is 0.0519. The first kappa shape index (κ1) is 23.5. The van der Waals surface area contributed by atoms with E-state index in [0.29, 0.717) is 11.6 Å². The van der Waals surface area contributed by atoms with E-state index < -0.39 is 0 Å².